The van der Waals surface area contributed by atoms with E-state index in [0.717, 1.165) is 46.0 Å². The summed E-state index contributed by atoms with van der Waals surface area (Å²) in [5, 5.41) is 4.81. The van der Waals surface area contributed by atoms with E-state index in [0.29, 0.717) is 5.92 Å². The Balaban J connectivity index is 2.31. The van der Waals surface area contributed by atoms with Gasteiger partial charge in [0.1, 0.15) is 0 Å². The molecular weight excluding hydrogens is 457 g/mol. The largest absolute Gasteiger partial charge is 0.314 e. The van der Waals surface area contributed by atoms with E-state index in [1.807, 2.05) is 4.52 Å². The zero-order valence-electron chi connectivity index (χ0n) is 15.8. The Morgan fingerprint density at radius 1 is 1.19 bits per heavy atom. The molecule has 0 saturated heterocycles. The molecule has 0 aliphatic heterocycles. The van der Waals surface area contributed by atoms with E-state index in [4.69, 9.17) is 14.3 Å². The maximum atomic E-state index is 5.36. The van der Waals surface area contributed by atoms with Gasteiger partial charge in [0.15, 0.2) is 5.65 Å². The van der Waals surface area contributed by atoms with Crippen molar-refractivity contribution in [3.63, 3.8) is 0 Å². The van der Waals surface area contributed by atoms with Crippen LogP contribution in [-0.2, 0) is 4.18 Å². The number of halogens is 1. The molecule has 0 bridgehead atoms. The third-order valence-corrected chi connectivity index (χ3v) is 6.06. The first-order valence-electron chi connectivity index (χ1n) is 8.87. The number of nitrogens with zero attached hydrogens (tertiary/aromatic N) is 3. The molecule has 3 aromatic rings. The SMILES string of the molecule is CCC(CC)c1cc(C)nn2c(-c3ccc(I)cc3SOC)c(C)nc12. The fourth-order valence-corrected chi connectivity index (χ4v) is 4.78. The van der Waals surface area contributed by atoms with Crippen molar-refractivity contribution in [1.29, 1.82) is 0 Å². The summed E-state index contributed by atoms with van der Waals surface area (Å²) in [6.07, 6.45) is 2.20. The van der Waals surface area contributed by atoms with Crippen LogP contribution in [0.2, 0.25) is 0 Å². The van der Waals surface area contributed by atoms with Crippen LogP contribution in [0.1, 0.15) is 49.6 Å². The Bertz CT molecular complexity index is 934. The molecule has 138 valence electrons. The zero-order valence-corrected chi connectivity index (χ0v) is 18.8. The molecule has 0 unspecified atom stereocenters. The molecular formula is C20H24IN3OS. The van der Waals surface area contributed by atoms with Gasteiger partial charge in [0.25, 0.3) is 0 Å². The molecule has 0 saturated carbocycles. The molecule has 0 amide bonds. The molecule has 0 N–H and O–H groups in total. The van der Waals surface area contributed by atoms with Gasteiger partial charge in [-0.05, 0) is 73.4 Å². The van der Waals surface area contributed by atoms with Crippen LogP contribution in [0.25, 0.3) is 16.9 Å². The van der Waals surface area contributed by atoms with Crippen molar-refractivity contribution in [2.75, 3.05) is 7.11 Å². The second-order valence-corrected chi connectivity index (χ2v) is 8.61. The maximum absolute atomic E-state index is 5.36. The van der Waals surface area contributed by atoms with Gasteiger partial charge >= 0.3 is 0 Å². The van der Waals surface area contributed by atoms with E-state index < -0.39 is 0 Å². The van der Waals surface area contributed by atoms with Crippen molar-refractivity contribution in [2.24, 2.45) is 0 Å². The number of aromatic nitrogens is 3. The standard InChI is InChI=1S/C20H24IN3OS/c1-6-14(7-2)17-10-12(3)23-24-19(13(4)22-20(17)24)16-9-8-15(21)11-18(16)26-25-5/h8-11,14H,6-7H2,1-5H3. The Morgan fingerprint density at radius 2 is 1.92 bits per heavy atom. The third kappa shape index (κ3) is 3.64. The van der Waals surface area contributed by atoms with Gasteiger partial charge in [-0.3, -0.25) is 0 Å². The number of hydrogen-bond acceptors (Lipinski definition) is 4. The Labute approximate surface area is 173 Å². The van der Waals surface area contributed by atoms with E-state index in [1.165, 1.54) is 21.2 Å². The van der Waals surface area contributed by atoms with Crippen molar-refractivity contribution in [2.45, 2.75) is 51.3 Å². The smallest absolute Gasteiger partial charge is 0.157 e. The van der Waals surface area contributed by atoms with Crippen molar-refractivity contribution in [1.82, 2.24) is 14.6 Å². The summed E-state index contributed by atoms with van der Waals surface area (Å²) >= 11 is 3.71. The zero-order chi connectivity index (χ0) is 18.8. The number of benzene rings is 1. The first-order chi connectivity index (χ1) is 12.5. The average Bonchev–Trinajstić information content (AvgIpc) is 2.92. The number of imidazole rings is 1. The highest BCUT2D eigenvalue weighted by Crippen LogP contribution is 2.36. The van der Waals surface area contributed by atoms with Gasteiger partial charge in [0, 0.05) is 31.6 Å². The van der Waals surface area contributed by atoms with Crippen LogP contribution in [0.15, 0.2) is 29.2 Å². The van der Waals surface area contributed by atoms with E-state index >= 15 is 0 Å². The molecule has 26 heavy (non-hydrogen) atoms. The van der Waals surface area contributed by atoms with E-state index in [2.05, 4.69) is 74.6 Å². The van der Waals surface area contributed by atoms with Gasteiger partial charge in [0.2, 0.25) is 0 Å². The van der Waals surface area contributed by atoms with Gasteiger partial charge in [-0.2, -0.15) is 5.10 Å². The van der Waals surface area contributed by atoms with Crippen molar-refractivity contribution in [3.8, 4) is 11.3 Å². The fourth-order valence-electron chi connectivity index (χ4n) is 3.47. The molecule has 0 aliphatic carbocycles. The predicted octanol–water partition coefficient (Wildman–Crippen LogP) is 6.17. The summed E-state index contributed by atoms with van der Waals surface area (Å²) in [4.78, 5) is 6.00. The molecule has 6 heteroatoms. The first kappa shape index (κ1) is 19.6. The number of aryl methyl sites for hydroxylation is 2. The second-order valence-electron chi connectivity index (χ2n) is 6.43. The lowest BCUT2D eigenvalue weighted by atomic mass is 9.95. The Kier molecular flexibility index (Phi) is 6.25. The molecule has 3 rings (SSSR count). The predicted molar refractivity (Wildman–Crippen MR) is 117 cm³/mol. The van der Waals surface area contributed by atoms with Gasteiger partial charge in [-0.25, -0.2) is 9.50 Å². The lowest BCUT2D eigenvalue weighted by Crippen LogP contribution is -2.05. The molecule has 0 radical (unpaired) electrons. The minimum atomic E-state index is 0.499. The molecule has 0 aliphatic rings. The Morgan fingerprint density at radius 3 is 2.58 bits per heavy atom. The molecule has 2 heterocycles. The summed E-state index contributed by atoms with van der Waals surface area (Å²) in [6.45, 7) is 8.60. The van der Waals surface area contributed by atoms with Gasteiger partial charge < -0.3 is 4.18 Å². The highest BCUT2D eigenvalue weighted by molar-refractivity contribution is 14.1. The maximum Gasteiger partial charge on any atom is 0.157 e. The van der Waals surface area contributed by atoms with Gasteiger partial charge in [0.05, 0.1) is 24.2 Å². The van der Waals surface area contributed by atoms with Crippen LogP contribution in [0.5, 0.6) is 0 Å². The number of fused-ring (bicyclic) bond motifs is 1. The van der Waals surface area contributed by atoms with Gasteiger partial charge in [-0.1, -0.05) is 19.9 Å². The quantitative estimate of drug-likeness (QED) is 0.312. The van der Waals surface area contributed by atoms with Gasteiger partial charge in [-0.15, -0.1) is 0 Å². The molecule has 4 nitrogen and oxygen atoms in total. The fraction of sp³-hybridized carbons (Fsp3) is 0.400. The summed E-state index contributed by atoms with van der Waals surface area (Å²) in [5.74, 6) is 0.499. The minimum absolute atomic E-state index is 0.499. The Hall–Kier alpha value is -1.12. The highest BCUT2D eigenvalue weighted by Gasteiger charge is 2.21. The summed E-state index contributed by atoms with van der Waals surface area (Å²) in [7, 11) is 1.70. The lowest BCUT2D eigenvalue weighted by Gasteiger charge is -2.15. The van der Waals surface area contributed by atoms with Crippen LogP contribution < -0.4 is 0 Å². The van der Waals surface area contributed by atoms with Crippen LogP contribution in [0.4, 0.5) is 0 Å². The van der Waals surface area contributed by atoms with Crippen LogP contribution in [-0.4, -0.2) is 21.7 Å². The lowest BCUT2D eigenvalue weighted by molar-refractivity contribution is 0.490. The number of rotatable bonds is 6. The molecule has 0 atom stereocenters. The summed E-state index contributed by atoms with van der Waals surface area (Å²) < 4.78 is 8.57. The summed E-state index contributed by atoms with van der Waals surface area (Å²) in [6, 6.07) is 8.59. The molecule has 2 aromatic heterocycles. The van der Waals surface area contributed by atoms with E-state index in [-0.39, 0.29) is 0 Å². The van der Waals surface area contributed by atoms with E-state index in [9.17, 15) is 0 Å². The average molecular weight is 481 g/mol. The van der Waals surface area contributed by atoms with Crippen LogP contribution in [0, 0.1) is 17.4 Å². The van der Waals surface area contributed by atoms with Crippen LogP contribution >= 0.6 is 34.6 Å². The monoisotopic (exact) mass is 481 g/mol. The van der Waals surface area contributed by atoms with Crippen molar-refractivity contribution >= 4 is 40.3 Å². The van der Waals surface area contributed by atoms with Crippen molar-refractivity contribution in [3.05, 3.63) is 44.8 Å². The third-order valence-electron chi connectivity index (χ3n) is 4.71. The first-order valence-corrected chi connectivity index (χ1v) is 10.7. The number of hydrogen-bond donors (Lipinski definition) is 0. The topological polar surface area (TPSA) is 39.4 Å². The van der Waals surface area contributed by atoms with E-state index in [1.54, 1.807) is 7.11 Å². The van der Waals surface area contributed by atoms with Crippen molar-refractivity contribution < 1.29 is 4.18 Å². The second kappa shape index (κ2) is 8.27. The molecule has 1 aromatic carbocycles. The molecule has 0 fully saturated rings. The minimum Gasteiger partial charge on any atom is -0.314 e. The normalized spacial score (nSPS) is 11.7. The highest BCUT2D eigenvalue weighted by atomic mass is 127. The summed E-state index contributed by atoms with van der Waals surface area (Å²) in [5.41, 5.74) is 6.44. The van der Waals surface area contributed by atoms with Crippen LogP contribution in [0.3, 0.4) is 0 Å². The molecule has 0 spiro atoms.